The van der Waals surface area contributed by atoms with Crippen molar-refractivity contribution in [2.45, 2.75) is 26.1 Å². The van der Waals surface area contributed by atoms with Crippen molar-refractivity contribution in [2.75, 3.05) is 40.3 Å². The van der Waals surface area contributed by atoms with E-state index in [1.165, 1.54) is 18.6 Å². The highest BCUT2D eigenvalue weighted by Gasteiger charge is 2.30. The zero-order chi connectivity index (χ0) is 18.4. The first kappa shape index (κ1) is 19.6. The highest BCUT2D eigenvalue weighted by atomic mass is 19.4. The summed E-state index contributed by atoms with van der Waals surface area (Å²) in [5.74, 6) is 1.37. The van der Waals surface area contributed by atoms with Crippen molar-refractivity contribution in [1.29, 1.82) is 0 Å². The van der Waals surface area contributed by atoms with Gasteiger partial charge in [-0.1, -0.05) is 19.1 Å². The van der Waals surface area contributed by atoms with Crippen LogP contribution in [-0.2, 0) is 12.7 Å². The van der Waals surface area contributed by atoms with Gasteiger partial charge in [0.05, 0.1) is 5.56 Å². The van der Waals surface area contributed by atoms with Gasteiger partial charge in [-0.15, -0.1) is 0 Å². The zero-order valence-corrected chi connectivity index (χ0v) is 15.1. The Kier molecular flexibility index (Phi) is 6.70. The number of likely N-dealkylation sites (tertiary alicyclic amines) is 1. The van der Waals surface area contributed by atoms with Crippen molar-refractivity contribution in [3.63, 3.8) is 0 Å². The van der Waals surface area contributed by atoms with E-state index in [2.05, 4.69) is 22.1 Å². The molecule has 0 radical (unpaired) electrons. The van der Waals surface area contributed by atoms with Crippen molar-refractivity contribution < 1.29 is 13.2 Å². The predicted octanol–water partition coefficient (Wildman–Crippen LogP) is 3.05. The third-order valence-corrected chi connectivity index (χ3v) is 4.64. The molecule has 1 aromatic carbocycles. The molecule has 1 aromatic rings. The molecule has 1 fully saturated rings. The maximum Gasteiger partial charge on any atom is 0.416 e. The Morgan fingerprint density at radius 1 is 1.32 bits per heavy atom. The van der Waals surface area contributed by atoms with Crippen molar-refractivity contribution >= 4 is 5.96 Å². The number of alkyl halides is 3. The summed E-state index contributed by atoms with van der Waals surface area (Å²) >= 11 is 0. The second-order valence-corrected chi connectivity index (χ2v) is 6.53. The highest BCUT2D eigenvalue weighted by Crippen LogP contribution is 2.29. The first-order valence-electron chi connectivity index (χ1n) is 8.63. The fraction of sp³-hybridized carbons (Fsp3) is 0.611. The van der Waals surface area contributed by atoms with Gasteiger partial charge in [0.2, 0.25) is 0 Å². The highest BCUT2D eigenvalue weighted by molar-refractivity contribution is 5.79. The molecule has 1 saturated heterocycles. The monoisotopic (exact) mass is 356 g/mol. The van der Waals surface area contributed by atoms with E-state index in [9.17, 15) is 13.2 Å². The van der Waals surface area contributed by atoms with Crippen molar-refractivity contribution in [2.24, 2.45) is 10.9 Å². The minimum atomic E-state index is -4.30. The lowest BCUT2D eigenvalue weighted by atomic mass is 10.1. The van der Waals surface area contributed by atoms with Gasteiger partial charge in [-0.2, -0.15) is 13.2 Å². The summed E-state index contributed by atoms with van der Waals surface area (Å²) in [5, 5.41) is 3.38. The molecule has 0 amide bonds. The number of aliphatic imine (C=N–C) groups is 1. The van der Waals surface area contributed by atoms with Crippen LogP contribution < -0.4 is 5.32 Å². The maximum atomic E-state index is 12.6. The fourth-order valence-corrected chi connectivity index (χ4v) is 3.13. The molecule has 1 atom stereocenters. The molecule has 0 aliphatic carbocycles. The number of hydrogen-bond acceptors (Lipinski definition) is 2. The van der Waals surface area contributed by atoms with E-state index in [-0.39, 0.29) is 0 Å². The zero-order valence-electron chi connectivity index (χ0n) is 15.1. The summed E-state index contributed by atoms with van der Waals surface area (Å²) in [6.45, 7) is 6.86. The molecule has 0 bridgehead atoms. The third-order valence-electron chi connectivity index (χ3n) is 4.64. The van der Waals surface area contributed by atoms with E-state index in [4.69, 9.17) is 0 Å². The predicted molar refractivity (Wildman–Crippen MR) is 94.5 cm³/mol. The van der Waals surface area contributed by atoms with Gasteiger partial charge < -0.3 is 15.1 Å². The Morgan fingerprint density at radius 2 is 2.00 bits per heavy atom. The van der Waals surface area contributed by atoms with Gasteiger partial charge in [-0.3, -0.25) is 4.99 Å². The van der Waals surface area contributed by atoms with Gasteiger partial charge in [0.15, 0.2) is 5.96 Å². The number of halogens is 3. The first-order valence-corrected chi connectivity index (χ1v) is 8.63. The molecule has 1 heterocycles. The van der Waals surface area contributed by atoms with E-state index in [1.54, 1.807) is 7.05 Å². The number of hydrogen-bond donors (Lipinski definition) is 1. The lowest BCUT2D eigenvalue weighted by Crippen LogP contribution is -2.41. The van der Waals surface area contributed by atoms with Crippen LogP contribution in [0.2, 0.25) is 0 Å². The van der Waals surface area contributed by atoms with Crippen molar-refractivity contribution in [3.8, 4) is 0 Å². The molecule has 140 valence electrons. The maximum absolute atomic E-state index is 12.6. The number of guanidine groups is 1. The van der Waals surface area contributed by atoms with Crippen LogP contribution >= 0.6 is 0 Å². The Labute approximate surface area is 147 Å². The largest absolute Gasteiger partial charge is 0.416 e. The molecule has 7 heteroatoms. The third kappa shape index (κ3) is 5.63. The summed E-state index contributed by atoms with van der Waals surface area (Å²) in [6, 6.07) is 5.28. The second kappa shape index (κ2) is 8.56. The SMILES string of the molecule is CCN1CCC(CNC(=NC)N(C)Cc2ccc(C(F)(F)F)cc2)C1. The molecule has 4 nitrogen and oxygen atoms in total. The van der Waals surface area contributed by atoms with Crippen molar-refractivity contribution in [3.05, 3.63) is 35.4 Å². The lowest BCUT2D eigenvalue weighted by Gasteiger charge is -2.24. The first-order chi connectivity index (χ1) is 11.8. The quantitative estimate of drug-likeness (QED) is 0.650. The van der Waals surface area contributed by atoms with E-state index >= 15 is 0 Å². The Hall–Kier alpha value is -1.76. The minimum Gasteiger partial charge on any atom is -0.356 e. The number of rotatable bonds is 5. The van der Waals surface area contributed by atoms with Gasteiger partial charge in [0, 0.05) is 33.7 Å². The molecule has 25 heavy (non-hydrogen) atoms. The van der Waals surface area contributed by atoms with Gasteiger partial charge in [-0.05, 0) is 43.1 Å². The van der Waals surface area contributed by atoms with Crippen LogP contribution in [0.3, 0.4) is 0 Å². The normalized spacial score (nSPS) is 19.3. The second-order valence-electron chi connectivity index (χ2n) is 6.53. The summed E-state index contributed by atoms with van der Waals surface area (Å²) in [4.78, 5) is 8.64. The molecule has 0 spiro atoms. The van der Waals surface area contributed by atoms with Gasteiger partial charge in [0.25, 0.3) is 0 Å². The Balaban J connectivity index is 1.86. The van der Waals surface area contributed by atoms with E-state index in [0.29, 0.717) is 12.5 Å². The molecule has 2 rings (SSSR count). The van der Waals surface area contributed by atoms with E-state index < -0.39 is 11.7 Å². The number of nitrogens with zero attached hydrogens (tertiary/aromatic N) is 3. The molecular formula is C18H27F3N4. The standard InChI is InChI=1S/C18H27F3N4/c1-4-25-10-9-15(13-25)11-23-17(22-2)24(3)12-14-5-7-16(8-6-14)18(19,20)21/h5-8,15H,4,9-13H2,1-3H3,(H,22,23). The minimum absolute atomic E-state index is 0.504. The number of nitrogens with one attached hydrogen (secondary N) is 1. The van der Waals surface area contributed by atoms with Gasteiger partial charge in [-0.25, -0.2) is 0 Å². The van der Waals surface area contributed by atoms with Crippen LogP contribution in [0.4, 0.5) is 13.2 Å². The van der Waals surface area contributed by atoms with Crippen molar-refractivity contribution in [1.82, 2.24) is 15.1 Å². The Bertz CT molecular complexity index is 569. The van der Waals surface area contributed by atoms with Gasteiger partial charge in [0.1, 0.15) is 0 Å². The summed E-state index contributed by atoms with van der Waals surface area (Å²) < 4.78 is 37.9. The molecule has 1 N–H and O–H groups in total. The fourth-order valence-electron chi connectivity index (χ4n) is 3.13. The van der Waals surface area contributed by atoms with Crippen LogP contribution in [-0.4, -0.2) is 56.0 Å². The van der Waals surface area contributed by atoms with Crippen LogP contribution in [0, 0.1) is 5.92 Å². The lowest BCUT2D eigenvalue weighted by molar-refractivity contribution is -0.137. The smallest absolute Gasteiger partial charge is 0.356 e. The average Bonchev–Trinajstić information content (AvgIpc) is 3.03. The summed E-state index contributed by atoms with van der Waals surface area (Å²) in [6.07, 6.45) is -3.11. The van der Waals surface area contributed by atoms with E-state index in [1.807, 2.05) is 11.9 Å². The summed E-state index contributed by atoms with van der Waals surface area (Å²) in [5.41, 5.74) is 0.194. The average molecular weight is 356 g/mol. The van der Waals surface area contributed by atoms with Crippen LogP contribution in [0.1, 0.15) is 24.5 Å². The topological polar surface area (TPSA) is 30.9 Å². The van der Waals surface area contributed by atoms with Crippen LogP contribution in [0.15, 0.2) is 29.3 Å². The van der Waals surface area contributed by atoms with E-state index in [0.717, 1.165) is 49.8 Å². The number of benzene rings is 1. The molecule has 0 aromatic heterocycles. The molecule has 1 unspecified atom stereocenters. The van der Waals surface area contributed by atoms with Gasteiger partial charge >= 0.3 is 6.18 Å². The molecule has 1 aliphatic heterocycles. The summed E-state index contributed by atoms with van der Waals surface area (Å²) in [7, 11) is 3.61. The Morgan fingerprint density at radius 3 is 2.52 bits per heavy atom. The molecule has 0 saturated carbocycles. The van der Waals surface area contributed by atoms with Crippen LogP contribution in [0.25, 0.3) is 0 Å². The van der Waals surface area contributed by atoms with Crippen LogP contribution in [0.5, 0.6) is 0 Å². The molecular weight excluding hydrogens is 329 g/mol. The molecule has 1 aliphatic rings.